The molecular formula is C16H18N2O2. The van der Waals surface area contributed by atoms with Gasteiger partial charge in [0.15, 0.2) is 0 Å². The van der Waals surface area contributed by atoms with Crippen LogP contribution in [0.2, 0.25) is 0 Å². The Labute approximate surface area is 118 Å². The molecule has 0 saturated heterocycles. The molecule has 0 fully saturated rings. The molecule has 1 aromatic heterocycles. The van der Waals surface area contributed by atoms with Crippen molar-refractivity contribution in [3.63, 3.8) is 0 Å². The zero-order valence-corrected chi connectivity index (χ0v) is 11.6. The molecule has 1 heterocycles. The van der Waals surface area contributed by atoms with E-state index in [2.05, 4.69) is 28.7 Å². The molecule has 0 unspecified atom stereocenters. The molecule has 2 aromatic rings. The molecule has 1 aliphatic rings. The van der Waals surface area contributed by atoms with Gasteiger partial charge < -0.3 is 9.84 Å². The number of nitrogens with one attached hydrogen (secondary N) is 1. The fourth-order valence-electron chi connectivity index (χ4n) is 2.66. The van der Waals surface area contributed by atoms with Crippen molar-refractivity contribution in [2.24, 2.45) is 0 Å². The standard InChI is InChI=1S/C16H18N2O2/c1-2-13-10-15(20-18-13)16(19)17-14-8-7-11-5-3-4-6-12(11)9-14/h3-6,10,14H,2,7-9H2,1H3,(H,17,19)/t14-/m1/s1. The lowest BCUT2D eigenvalue weighted by molar-refractivity contribution is 0.0896. The van der Waals surface area contributed by atoms with E-state index >= 15 is 0 Å². The quantitative estimate of drug-likeness (QED) is 0.932. The number of fused-ring (bicyclic) bond motifs is 1. The average molecular weight is 270 g/mol. The van der Waals surface area contributed by atoms with Gasteiger partial charge in [0, 0.05) is 12.1 Å². The Morgan fingerprint density at radius 1 is 1.40 bits per heavy atom. The van der Waals surface area contributed by atoms with Crippen molar-refractivity contribution < 1.29 is 9.32 Å². The molecule has 0 radical (unpaired) electrons. The van der Waals surface area contributed by atoms with Gasteiger partial charge in [-0.3, -0.25) is 4.79 Å². The summed E-state index contributed by atoms with van der Waals surface area (Å²) >= 11 is 0. The number of aromatic nitrogens is 1. The van der Waals surface area contributed by atoms with Crippen molar-refractivity contribution in [3.05, 3.63) is 52.9 Å². The summed E-state index contributed by atoms with van der Waals surface area (Å²) in [5.74, 6) is 0.141. The van der Waals surface area contributed by atoms with Crippen LogP contribution in [0.15, 0.2) is 34.9 Å². The number of benzene rings is 1. The summed E-state index contributed by atoms with van der Waals surface area (Å²) in [4.78, 5) is 12.1. The first-order valence-electron chi connectivity index (χ1n) is 7.09. The lowest BCUT2D eigenvalue weighted by Crippen LogP contribution is -2.38. The third-order valence-corrected chi connectivity index (χ3v) is 3.83. The van der Waals surface area contributed by atoms with Crippen molar-refractivity contribution in [3.8, 4) is 0 Å². The summed E-state index contributed by atoms with van der Waals surface area (Å²) in [6.07, 6.45) is 3.64. The normalized spacial score (nSPS) is 17.6. The zero-order valence-electron chi connectivity index (χ0n) is 11.6. The van der Waals surface area contributed by atoms with E-state index in [1.807, 2.05) is 13.0 Å². The van der Waals surface area contributed by atoms with Gasteiger partial charge in [-0.2, -0.15) is 0 Å². The maximum Gasteiger partial charge on any atom is 0.290 e. The molecule has 0 saturated carbocycles. The van der Waals surface area contributed by atoms with Crippen LogP contribution in [-0.4, -0.2) is 17.1 Å². The molecular weight excluding hydrogens is 252 g/mol. The maximum atomic E-state index is 12.1. The Morgan fingerprint density at radius 3 is 2.95 bits per heavy atom. The molecule has 20 heavy (non-hydrogen) atoms. The first-order chi connectivity index (χ1) is 9.76. The Bertz CT molecular complexity index is 618. The second-order valence-electron chi connectivity index (χ2n) is 5.22. The largest absolute Gasteiger partial charge is 0.351 e. The lowest BCUT2D eigenvalue weighted by Gasteiger charge is -2.24. The highest BCUT2D eigenvalue weighted by molar-refractivity contribution is 5.91. The monoisotopic (exact) mass is 270 g/mol. The van der Waals surface area contributed by atoms with E-state index in [4.69, 9.17) is 4.52 Å². The van der Waals surface area contributed by atoms with E-state index in [-0.39, 0.29) is 11.9 Å². The van der Waals surface area contributed by atoms with E-state index in [1.54, 1.807) is 6.07 Å². The number of aryl methyl sites for hydroxylation is 2. The first kappa shape index (κ1) is 12.9. The number of nitrogens with zero attached hydrogens (tertiary/aromatic N) is 1. The molecule has 1 atom stereocenters. The Balaban J connectivity index is 1.66. The van der Waals surface area contributed by atoms with Crippen molar-refractivity contribution in [1.29, 1.82) is 0 Å². The summed E-state index contributed by atoms with van der Waals surface area (Å²) in [6, 6.07) is 10.3. The third kappa shape index (κ3) is 2.59. The van der Waals surface area contributed by atoms with E-state index in [0.29, 0.717) is 5.76 Å². The molecule has 1 amide bonds. The number of hydrogen-bond acceptors (Lipinski definition) is 3. The molecule has 1 aromatic carbocycles. The van der Waals surface area contributed by atoms with Gasteiger partial charge in [0.25, 0.3) is 5.91 Å². The van der Waals surface area contributed by atoms with E-state index in [9.17, 15) is 4.79 Å². The van der Waals surface area contributed by atoms with Gasteiger partial charge in [0.2, 0.25) is 5.76 Å². The number of amides is 1. The number of carbonyl (C=O) groups is 1. The highest BCUT2D eigenvalue weighted by atomic mass is 16.5. The van der Waals surface area contributed by atoms with E-state index in [1.165, 1.54) is 11.1 Å². The third-order valence-electron chi connectivity index (χ3n) is 3.83. The predicted molar refractivity (Wildman–Crippen MR) is 75.6 cm³/mol. The zero-order chi connectivity index (χ0) is 13.9. The van der Waals surface area contributed by atoms with Gasteiger partial charge in [0.1, 0.15) is 0 Å². The Morgan fingerprint density at radius 2 is 2.20 bits per heavy atom. The maximum absolute atomic E-state index is 12.1. The summed E-state index contributed by atoms with van der Waals surface area (Å²) in [7, 11) is 0. The number of hydrogen-bond donors (Lipinski definition) is 1. The van der Waals surface area contributed by atoms with E-state index in [0.717, 1.165) is 31.4 Å². The SMILES string of the molecule is CCc1cc(C(=O)N[C@@H]2CCc3ccccc3C2)on1. The first-order valence-corrected chi connectivity index (χ1v) is 7.09. The fourth-order valence-corrected chi connectivity index (χ4v) is 2.66. The Kier molecular flexibility index (Phi) is 3.54. The summed E-state index contributed by atoms with van der Waals surface area (Å²) in [5, 5.41) is 6.89. The predicted octanol–water partition coefficient (Wildman–Crippen LogP) is 2.52. The van der Waals surface area contributed by atoms with Crippen LogP contribution in [0.3, 0.4) is 0 Å². The van der Waals surface area contributed by atoms with Crippen molar-refractivity contribution in [2.45, 2.75) is 38.6 Å². The molecule has 1 aliphatic carbocycles. The molecule has 104 valence electrons. The molecule has 3 rings (SSSR count). The highest BCUT2D eigenvalue weighted by Gasteiger charge is 2.22. The second kappa shape index (κ2) is 5.49. The van der Waals surface area contributed by atoms with Gasteiger partial charge in [-0.25, -0.2) is 0 Å². The van der Waals surface area contributed by atoms with Crippen LogP contribution in [0, 0.1) is 0 Å². The lowest BCUT2D eigenvalue weighted by atomic mass is 9.88. The van der Waals surface area contributed by atoms with Crippen LogP contribution >= 0.6 is 0 Å². The summed E-state index contributed by atoms with van der Waals surface area (Å²) in [5.41, 5.74) is 3.53. The molecule has 4 nitrogen and oxygen atoms in total. The number of rotatable bonds is 3. The molecule has 0 bridgehead atoms. The van der Waals surface area contributed by atoms with Crippen LogP contribution in [0.25, 0.3) is 0 Å². The average Bonchev–Trinajstić information content (AvgIpc) is 2.96. The molecule has 0 spiro atoms. The Hall–Kier alpha value is -2.10. The minimum atomic E-state index is -0.165. The van der Waals surface area contributed by atoms with Gasteiger partial charge in [-0.1, -0.05) is 36.3 Å². The topological polar surface area (TPSA) is 55.1 Å². The minimum Gasteiger partial charge on any atom is -0.351 e. The van der Waals surface area contributed by atoms with Crippen LogP contribution < -0.4 is 5.32 Å². The van der Waals surface area contributed by atoms with Gasteiger partial charge in [0.05, 0.1) is 5.69 Å². The number of carbonyl (C=O) groups excluding carboxylic acids is 1. The van der Waals surface area contributed by atoms with Crippen molar-refractivity contribution in [2.75, 3.05) is 0 Å². The van der Waals surface area contributed by atoms with Gasteiger partial charge in [-0.15, -0.1) is 0 Å². The summed E-state index contributed by atoms with van der Waals surface area (Å²) < 4.78 is 5.07. The minimum absolute atomic E-state index is 0.165. The molecule has 0 aliphatic heterocycles. The van der Waals surface area contributed by atoms with Gasteiger partial charge in [-0.05, 0) is 36.8 Å². The molecule has 4 heteroatoms. The van der Waals surface area contributed by atoms with Crippen LogP contribution in [0.1, 0.15) is 40.7 Å². The van der Waals surface area contributed by atoms with Gasteiger partial charge >= 0.3 is 0 Å². The van der Waals surface area contributed by atoms with Crippen molar-refractivity contribution in [1.82, 2.24) is 10.5 Å². The second-order valence-corrected chi connectivity index (χ2v) is 5.22. The van der Waals surface area contributed by atoms with E-state index < -0.39 is 0 Å². The summed E-state index contributed by atoms with van der Waals surface area (Å²) in [6.45, 7) is 1.98. The highest BCUT2D eigenvalue weighted by Crippen LogP contribution is 2.21. The smallest absolute Gasteiger partial charge is 0.290 e. The van der Waals surface area contributed by atoms with Crippen molar-refractivity contribution >= 4 is 5.91 Å². The fraction of sp³-hybridized carbons (Fsp3) is 0.375. The van der Waals surface area contributed by atoms with Crippen LogP contribution in [0.5, 0.6) is 0 Å². The van der Waals surface area contributed by atoms with Crippen LogP contribution in [-0.2, 0) is 19.3 Å². The van der Waals surface area contributed by atoms with Crippen LogP contribution in [0.4, 0.5) is 0 Å². The molecule has 1 N–H and O–H groups in total.